The standard InChI is InChI=1S/C25H24N6O3/c1-3-18(32)13-33-19-5-6-22-21(11-19)25(28-14-26-22)30-17-4-7-23(16(2)10-17)34-20-8-9-31-24(12-20)27-15-29-31/h4-12,14-15,18,32H,3,13H2,1-2H3,(H,26,28,30)/t18-/m1/s1. The van der Waals surface area contributed by atoms with E-state index in [0.29, 0.717) is 23.7 Å². The van der Waals surface area contributed by atoms with Gasteiger partial charge in [-0.25, -0.2) is 19.5 Å². The molecule has 0 saturated heterocycles. The zero-order valence-electron chi connectivity index (χ0n) is 18.8. The Balaban J connectivity index is 1.36. The van der Waals surface area contributed by atoms with E-state index in [9.17, 15) is 5.11 Å². The smallest absolute Gasteiger partial charge is 0.158 e. The monoisotopic (exact) mass is 456 g/mol. The molecule has 0 saturated carbocycles. The normalized spacial score (nSPS) is 12.1. The first-order chi connectivity index (χ1) is 16.6. The first-order valence-corrected chi connectivity index (χ1v) is 11.0. The van der Waals surface area contributed by atoms with Crippen LogP contribution in [0.3, 0.4) is 0 Å². The highest BCUT2D eigenvalue weighted by atomic mass is 16.5. The predicted octanol–water partition coefficient (Wildman–Crippen LogP) is 4.67. The van der Waals surface area contributed by atoms with Gasteiger partial charge in [0.25, 0.3) is 0 Å². The Morgan fingerprint density at radius 1 is 1.00 bits per heavy atom. The highest BCUT2D eigenvalue weighted by molar-refractivity contribution is 5.91. The summed E-state index contributed by atoms with van der Waals surface area (Å²) in [6, 6.07) is 15.1. The summed E-state index contributed by atoms with van der Waals surface area (Å²) in [7, 11) is 0. The zero-order valence-corrected chi connectivity index (χ0v) is 18.8. The summed E-state index contributed by atoms with van der Waals surface area (Å²) >= 11 is 0. The first-order valence-electron chi connectivity index (χ1n) is 11.0. The van der Waals surface area contributed by atoms with Crippen LogP contribution in [0.2, 0.25) is 0 Å². The minimum absolute atomic E-state index is 0.239. The number of ether oxygens (including phenoxy) is 2. The molecule has 0 amide bonds. The van der Waals surface area contributed by atoms with Crippen molar-refractivity contribution in [1.29, 1.82) is 0 Å². The van der Waals surface area contributed by atoms with Gasteiger partial charge in [0.1, 0.15) is 42.3 Å². The molecule has 0 radical (unpaired) electrons. The number of hydrogen-bond acceptors (Lipinski definition) is 8. The van der Waals surface area contributed by atoms with Crippen LogP contribution in [0.4, 0.5) is 11.5 Å². The zero-order chi connectivity index (χ0) is 23.5. The molecule has 2 aromatic carbocycles. The van der Waals surface area contributed by atoms with Crippen LogP contribution < -0.4 is 14.8 Å². The molecule has 9 heteroatoms. The second-order valence-corrected chi connectivity index (χ2v) is 7.91. The van der Waals surface area contributed by atoms with Crippen LogP contribution in [0.5, 0.6) is 17.2 Å². The van der Waals surface area contributed by atoms with E-state index in [1.54, 1.807) is 4.52 Å². The van der Waals surface area contributed by atoms with Crippen molar-refractivity contribution < 1.29 is 14.6 Å². The number of aliphatic hydroxyl groups excluding tert-OH is 1. The van der Waals surface area contributed by atoms with Gasteiger partial charge in [-0.3, -0.25) is 0 Å². The maximum Gasteiger partial charge on any atom is 0.158 e. The number of anilines is 2. The van der Waals surface area contributed by atoms with Crippen molar-refractivity contribution in [3.63, 3.8) is 0 Å². The molecule has 0 aliphatic rings. The third-order valence-electron chi connectivity index (χ3n) is 5.44. The molecule has 2 N–H and O–H groups in total. The van der Waals surface area contributed by atoms with Gasteiger partial charge in [0.05, 0.1) is 11.6 Å². The second kappa shape index (κ2) is 9.32. The fourth-order valence-corrected chi connectivity index (χ4v) is 3.50. The Kier molecular flexibility index (Phi) is 5.92. The van der Waals surface area contributed by atoms with E-state index >= 15 is 0 Å². The lowest BCUT2D eigenvalue weighted by atomic mass is 10.2. The Morgan fingerprint density at radius 2 is 1.91 bits per heavy atom. The van der Waals surface area contributed by atoms with Crippen LogP contribution in [0.15, 0.2) is 67.4 Å². The van der Waals surface area contributed by atoms with Gasteiger partial charge in [0.2, 0.25) is 0 Å². The average molecular weight is 457 g/mol. The van der Waals surface area contributed by atoms with Gasteiger partial charge in [-0.05, 0) is 61.4 Å². The van der Waals surface area contributed by atoms with Crippen LogP contribution in [-0.4, -0.2) is 42.4 Å². The van der Waals surface area contributed by atoms with Crippen molar-refractivity contribution in [3.05, 3.63) is 72.9 Å². The summed E-state index contributed by atoms with van der Waals surface area (Å²) in [6.07, 6.45) is 4.98. The van der Waals surface area contributed by atoms with E-state index in [4.69, 9.17) is 9.47 Å². The largest absolute Gasteiger partial charge is 0.491 e. The van der Waals surface area contributed by atoms with Gasteiger partial charge in [-0.2, -0.15) is 5.10 Å². The average Bonchev–Trinajstić information content (AvgIpc) is 3.32. The summed E-state index contributed by atoms with van der Waals surface area (Å²) in [4.78, 5) is 13.0. The quantitative estimate of drug-likeness (QED) is 0.347. The Morgan fingerprint density at radius 3 is 2.76 bits per heavy atom. The van der Waals surface area contributed by atoms with E-state index in [2.05, 4.69) is 25.4 Å². The lowest BCUT2D eigenvalue weighted by Crippen LogP contribution is -2.15. The lowest BCUT2D eigenvalue weighted by molar-refractivity contribution is 0.104. The molecule has 0 aliphatic carbocycles. The van der Waals surface area contributed by atoms with Crippen molar-refractivity contribution in [3.8, 4) is 17.2 Å². The molecule has 5 aromatic rings. The van der Waals surface area contributed by atoms with Crippen LogP contribution in [-0.2, 0) is 0 Å². The van der Waals surface area contributed by atoms with Gasteiger partial charge in [-0.15, -0.1) is 0 Å². The number of rotatable bonds is 8. The third kappa shape index (κ3) is 4.60. The number of aliphatic hydroxyl groups is 1. The number of nitrogens with zero attached hydrogens (tertiary/aromatic N) is 5. The molecular formula is C25H24N6O3. The van der Waals surface area contributed by atoms with Gasteiger partial charge < -0.3 is 19.9 Å². The SMILES string of the molecule is CC[C@@H](O)COc1ccc2ncnc(Nc3ccc(Oc4ccn5ncnc5c4)c(C)c3)c2c1. The summed E-state index contributed by atoms with van der Waals surface area (Å²) in [6.45, 7) is 4.14. The fraction of sp³-hybridized carbons (Fsp3) is 0.200. The Bertz CT molecular complexity index is 1450. The maximum absolute atomic E-state index is 9.78. The van der Waals surface area contributed by atoms with Crippen LogP contribution in [0.1, 0.15) is 18.9 Å². The van der Waals surface area contributed by atoms with Gasteiger partial charge >= 0.3 is 0 Å². The lowest BCUT2D eigenvalue weighted by Gasteiger charge is -2.14. The van der Waals surface area contributed by atoms with E-state index in [0.717, 1.165) is 33.6 Å². The molecule has 0 spiro atoms. The molecule has 3 aromatic heterocycles. The molecule has 5 rings (SSSR count). The van der Waals surface area contributed by atoms with E-state index in [1.165, 1.54) is 12.7 Å². The molecule has 0 bridgehead atoms. The van der Waals surface area contributed by atoms with Crippen LogP contribution in [0, 0.1) is 6.92 Å². The highest BCUT2D eigenvalue weighted by Crippen LogP contribution is 2.31. The summed E-state index contributed by atoms with van der Waals surface area (Å²) in [5, 5.41) is 18.1. The maximum atomic E-state index is 9.78. The van der Waals surface area contributed by atoms with Gasteiger partial charge in [0, 0.05) is 23.3 Å². The number of benzene rings is 2. The number of aryl methyl sites for hydroxylation is 1. The van der Waals surface area contributed by atoms with Crippen molar-refractivity contribution in [1.82, 2.24) is 24.6 Å². The topological polar surface area (TPSA) is 107 Å². The first kappa shape index (κ1) is 21.6. The number of nitrogens with one attached hydrogen (secondary N) is 1. The summed E-state index contributed by atoms with van der Waals surface area (Å²) in [5.74, 6) is 2.75. The van der Waals surface area contributed by atoms with Crippen molar-refractivity contribution >= 4 is 28.1 Å². The van der Waals surface area contributed by atoms with Gasteiger partial charge in [-0.1, -0.05) is 6.92 Å². The molecule has 172 valence electrons. The fourth-order valence-electron chi connectivity index (χ4n) is 3.50. The molecule has 34 heavy (non-hydrogen) atoms. The van der Waals surface area contributed by atoms with Crippen LogP contribution >= 0.6 is 0 Å². The number of hydrogen-bond donors (Lipinski definition) is 2. The molecule has 3 heterocycles. The van der Waals surface area contributed by atoms with E-state index in [1.807, 2.05) is 68.6 Å². The molecule has 0 fully saturated rings. The molecule has 1 atom stereocenters. The predicted molar refractivity (Wildman–Crippen MR) is 129 cm³/mol. The van der Waals surface area contributed by atoms with Crippen LogP contribution in [0.25, 0.3) is 16.6 Å². The van der Waals surface area contributed by atoms with Crippen molar-refractivity contribution in [2.24, 2.45) is 0 Å². The van der Waals surface area contributed by atoms with Crippen molar-refractivity contribution in [2.45, 2.75) is 26.4 Å². The Labute approximate surface area is 196 Å². The molecular weight excluding hydrogens is 432 g/mol. The Hall–Kier alpha value is -4.24. The minimum Gasteiger partial charge on any atom is -0.491 e. The highest BCUT2D eigenvalue weighted by Gasteiger charge is 2.10. The summed E-state index contributed by atoms with van der Waals surface area (Å²) in [5.41, 5.74) is 3.34. The number of aromatic nitrogens is 5. The number of pyridine rings is 1. The third-order valence-corrected chi connectivity index (χ3v) is 5.44. The second-order valence-electron chi connectivity index (χ2n) is 7.91. The molecule has 9 nitrogen and oxygen atoms in total. The van der Waals surface area contributed by atoms with E-state index in [-0.39, 0.29) is 6.61 Å². The summed E-state index contributed by atoms with van der Waals surface area (Å²) < 4.78 is 13.5. The van der Waals surface area contributed by atoms with Crippen molar-refractivity contribution in [2.75, 3.05) is 11.9 Å². The van der Waals surface area contributed by atoms with E-state index < -0.39 is 6.10 Å². The van der Waals surface area contributed by atoms with Gasteiger partial charge in [0.15, 0.2) is 5.65 Å². The number of fused-ring (bicyclic) bond motifs is 2. The molecule has 0 aliphatic heterocycles. The minimum atomic E-state index is -0.498. The molecule has 0 unspecified atom stereocenters.